The zero-order valence-corrected chi connectivity index (χ0v) is 11.3. The molecule has 0 bridgehead atoms. The molecule has 2 rings (SSSR count). The first-order valence-corrected chi connectivity index (χ1v) is 7.29. The van der Waals surface area contributed by atoms with Crippen molar-refractivity contribution in [1.82, 2.24) is 5.32 Å². The van der Waals surface area contributed by atoms with Crippen LogP contribution in [0.3, 0.4) is 0 Å². The van der Waals surface area contributed by atoms with Crippen LogP contribution in [0.4, 0.5) is 0 Å². The van der Waals surface area contributed by atoms with E-state index in [1.54, 1.807) is 0 Å². The summed E-state index contributed by atoms with van der Waals surface area (Å²) in [6.45, 7) is 4.77. The van der Waals surface area contributed by atoms with E-state index in [0.717, 1.165) is 25.3 Å². The van der Waals surface area contributed by atoms with Gasteiger partial charge in [-0.15, -0.1) is 0 Å². The van der Waals surface area contributed by atoms with E-state index >= 15 is 0 Å². The van der Waals surface area contributed by atoms with Crippen LogP contribution >= 0.6 is 0 Å². The molecule has 2 unspecified atom stereocenters. The van der Waals surface area contributed by atoms with E-state index in [0.29, 0.717) is 19.8 Å². The van der Waals surface area contributed by atoms with Crippen molar-refractivity contribution < 1.29 is 14.3 Å². The molecule has 4 nitrogen and oxygen atoms in total. The lowest BCUT2D eigenvalue weighted by Crippen LogP contribution is -2.40. The first-order chi connectivity index (χ1) is 8.81. The van der Waals surface area contributed by atoms with Crippen LogP contribution in [0.2, 0.25) is 0 Å². The summed E-state index contributed by atoms with van der Waals surface area (Å²) in [5.41, 5.74) is 0. The fraction of sp³-hybridized carbons (Fsp3) is 0.929. The minimum Gasteiger partial charge on any atom is -0.465 e. The Labute approximate surface area is 109 Å². The lowest BCUT2D eigenvalue weighted by atomic mass is 9.83. The average Bonchev–Trinajstić information content (AvgIpc) is 2.77. The van der Waals surface area contributed by atoms with Crippen LogP contribution in [-0.4, -0.2) is 38.4 Å². The molecule has 1 heterocycles. The third kappa shape index (κ3) is 3.69. The van der Waals surface area contributed by atoms with Crippen molar-refractivity contribution >= 4 is 5.97 Å². The lowest BCUT2D eigenvalue weighted by molar-refractivity contribution is -0.149. The number of carbonyl (C=O) groups is 1. The van der Waals surface area contributed by atoms with Crippen LogP contribution in [0.5, 0.6) is 0 Å². The van der Waals surface area contributed by atoms with Gasteiger partial charge in [-0.1, -0.05) is 26.2 Å². The minimum absolute atomic E-state index is 0.0829. The summed E-state index contributed by atoms with van der Waals surface area (Å²) in [6, 6.07) is 0.140. The largest absolute Gasteiger partial charge is 0.465 e. The van der Waals surface area contributed by atoms with Crippen molar-refractivity contribution in [3.05, 3.63) is 0 Å². The van der Waals surface area contributed by atoms with Gasteiger partial charge in [-0.2, -0.15) is 0 Å². The van der Waals surface area contributed by atoms with Gasteiger partial charge in [-0.25, -0.2) is 0 Å². The van der Waals surface area contributed by atoms with Gasteiger partial charge in [0.2, 0.25) is 0 Å². The maximum absolute atomic E-state index is 12.0. The van der Waals surface area contributed by atoms with E-state index in [1.807, 2.05) is 0 Å². The zero-order valence-electron chi connectivity index (χ0n) is 11.3. The Morgan fingerprint density at radius 2 is 2.22 bits per heavy atom. The molecule has 1 N–H and O–H groups in total. The summed E-state index contributed by atoms with van der Waals surface area (Å²) >= 11 is 0. The highest BCUT2D eigenvalue weighted by molar-refractivity contribution is 5.73. The first kappa shape index (κ1) is 13.8. The third-order valence-corrected chi connectivity index (χ3v) is 4.03. The molecule has 1 aliphatic heterocycles. The molecule has 4 heteroatoms. The average molecular weight is 255 g/mol. The van der Waals surface area contributed by atoms with Gasteiger partial charge in [0, 0.05) is 6.04 Å². The summed E-state index contributed by atoms with van der Waals surface area (Å²) in [4.78, 5) is 12.0. The summed E-state index contributed by atoms with van der Waals surface area (Å²) in [7, 11) is 0. The van der Waals surface area contributed by atoms with Crippen LogP contribution in [0, 0.1) is 11.8 Å². The third-order valence-electron chi connectivity index (χ3n) is 4.03. The van der Waals surface area contributed by atoms with E-state index in [9.17, 15) is 4.79 Å². The highest BCUT2D eigenvalue weighted by Crippen LogP contribution is 2.29. The standard InChI is InChI=1S/C14H25NO3/c1-2-7-15-13-10-17-9-12(13)14(16)18-8-6-11-4-3-5-11/h11-13,15H,2-10H2,1H3. The molecule has 1 saturated heterocycles. The van der Waals surface area contributed by atoms with Crippen LogP contribution in [0.1, 0.15) is 39.0 Å². The maximum atomic E-state index is 12.0. The normalized spacial score (nSPS) is 28.1. The van der Waals surface area contributed by atoms with E-state index in [1.165, 1.54) is 19.3 Å². The molecule has 18 heavy (non-hydrogen) atoms. The molecule has 104 valence electrons. The van der Waals surface area contributed by atoms with Crippen LogP contribution < -0.4 is 5.32 Å². The van der Waals surface area contributed by atoms with Crippen molar-refractivity contribution in [1.29, 1.82) is 0 Å². The van der Waals surface area contributed by atoms with Gasteiger partial charge >= 0.3 is 5.97 Å². The van der Waals surface area contributed by atoms with Gasteiger partial charge in [0.25, 0.3) is 0 Å². The topological polar surface area (TPSA) is 47.6 Å². The molecule has 1 saturated carbocycles. The molecule has 2 atom stereocenters. The second-order valence-electron chi connectivity index (χ2n) is 5.46. The molecular weight excluding hydrogens is 230 g/mol. The van der Waals surface area contributed by atoms with Crippen molar-refractivity contribution in [2.24, 2.45) is 11.8 Å². The number of nitrogens with one attached hydrogen (secondary N) is 1. The fourth-order valence-corrected chi connectivity index (χ4v) is 2.53. The Balaban J connectivity index is 1.66. The fourth-order valence-electron chi connectivity index (χ4n) is 2.53. The molecular formula is C14H25NO3. The smallest absolute Gasteiger partial charge is 0.312 e. The highest BCUT2D eigenvalue weighted by Gasteiger charge is 2.34. The van der Waals surface area contributed by atoms with E-state index in [2.05, 4.69) is 12.2 Å². The Hall–Kier alpha value is -0.610. The number of carbonyl (C=O) groups excluding carboxylic acids is 1. The molecule has 0 spiro atoms. The van der Waals surface area contributed by atoms with Gasteiger partial charge in [-0.05, 0) is 25.3 Å². The Morgan fingerprint density at radius 1 is 1.39 bits per heavy atom. The molecule has 0 aromatic rings. The molecule has 0 radical (unpaired) electrons. The SMILES string of the molecule is CCCNC1COCC1C(=O)OCCC1CCC1. The second-order valence-corrected chi connectivity index (χ2v) is 5.46. The summed E-state index contributed by atoms with van der Waals surface area (Å²) in [5, 5.41) is 3.36. The van der Waals surface area contributed by atoms with E-state index < -0.39 is 0 Å². The summed E-state index contributed by atoms with van der Waals surface area (Å²) in [5.74, 6) is 0.602. The number of ether oxygens (including phenoxy) is 2. The van der Waals surface area contributed by atoms with E-state index in [4.69, 9.17) is 9.47 Å². The minimum atomic E-state index is -0.113. The number of esters is 1. The van der Waals surface area contributed by atoms with E-state index in [-0.39, 0.29) is 17.9 Å². The molecule has 2 aliphatic rings. The number of rotatable bonds is 7. The van der Waals surface area contributed by atoms with Gasteiger partial charge in [0.15, 0.2) is 0 Å². The molecule has 0 amide bonds. The van der Waals surface area contributed by atoms with Crippen molar-refractivity contribution in [3.63, 3.8) is 0 Å². The van der Waals surface area contributed by atoms with Crippen LogP contribution in [0.25, 0.3) is 0 Å². The zero-order chi connectivity index (χ0) is 12.8. The second kappa shape index (κ2) is 7.10. The van der Waals surface area contributed by atoms with Crippen LogP contribution in [0.15, 0.2) is 0 Å². The summed E-state index contributed by atoms with van der Waals surface area (Å²) < 4.78 is 10.8. The Bertz CT molecular complexity index is 266. The molecule has 0 aromatic carbocycles. The van der Waals surface area contributed by atoms with Crippen molar-refractivity contribution in [3.8, 4) is 0 Å². The quantitative estimate of drug-likeness (QED) is 0.704. The number of hydrogen-bond acceptors (Lipinski definition) is 4. The number of hydrogen-bond donors (Lipinski definition) is 1. The van der Waals surface area contributed by atoms with Crippen molar-refractivity contribution in [2.75, 3.05) is 26.4 Å². The maximum Gasteiger partial charge on any atom is 0.312 e. The summed E-state index contributed by atoms with van der Waals surface area (Å²) in [6.07, 6.45) is 6.07. The lowest BCUT2D eigenvalue weighted by Gasteiger charge is -2.25. The van der Waals surface area contributed by atoms with Crippen molar-refractivity contribution in [2.45, 2.75) is 45.1 Å². The van der Waals surface area contributed by atoms with Gasteiger partial charge in [0.1, 0.15) is 0 Å². The Kier molecular flexibility index (Phi) is 5.45. The highest BCUT2D eigenvalue weighted by atomic mass is 16.5. The van der Waals surface area contributed by atoms with Gasteiger partial charge in [0.05, 0.1) is 25.7 Å². The van der Waals surface area contributed by atoms with Crippen LogP contribution in [-0.2, 0) is 14.3 Å². The predicted molar refractivity (Wildman–Crippen MR) is 69.3 cm³/mol. The monoisotopic (exact) mass is 255 g/mol. The molecule has 1 aliphatic carbocycles. The Morgan fingerprint density at radius 3 is 2.89 bits per heavy atom. The molecule has 2 fully saturated rings. The predicted octanol–water partition coefficient (Wildman–Crippen LogP) is 1.73. The van der Waals surface area contributed by atoms with Gasteiger partial charge < -0.3 is 14.8 Å². The molecule has 0 aromatic heterocycles. The van der Waals surface area contributed by atoms with Gasteiger partial charge in [-0.3, -0.25) is 4.79 Å². The first-order valence-electron chi connectivity index (χ1n) is 7.29.